The Hall–Kier alpha value is -1.96. The Labute approximate surface area is 160 Å². The highest BCUT2D eigenvalue weighted by Crippen LogP contribution is 2.26. The van der Waals surface area contributed by atoms with Crippen LogP contribution in [-0.2, 0) is 9.53 Å². The van der Waals surface area contributed by atoms with Crippen molar-refractivity contribution in [2.45, 2.75) is 31.3 Å². The lowest BCUT2D eigenvalue weighted by Crippen LogP contribution is -2.50. The Morgan fingerprint density at radius 3 is 2.56 bits per heavy atom. The number of nitrogens with one attached hydrogen (secondary N) is 2. The van der Waals surface area contributed by atoms with Crippen molar-refractivity contribution in [2.24, 2.45) is 5.92 Å². The third-order valence-corrected chi connectivity index (χ3v) is 5.89. The zero-order chi connectivity index (χ0) is 18.6. The molecule has 7 nitrogen and oxygen atoms in total. The van der Waals surface area contributed by atoms with Gasteiger partial charge in [-0.25, -0.2) is 5.43 Å². The summed E-state index contributed by atoms with van der Waals surface area (Å²) < 4.78 is 5.33. The van der Waals surface area contributed by atoms with Gasteiger partial charge >= 0.3 is 0 Å². The predicted molar refractivity (Wildman–Crippen MR) is 101 cm³/mol. The summed E-state index contributed by atoms with van der Waals surface area (Å²) in [6.07, 6.45) is 2.86. The first-order valence-corrected chi connectivity index (χ1v) is 9.94. The molecule has 3 heterocycles. The van der Waals surface area contributed by atoms with E-state index in [1.807, 2.05) is 40.1 Å². The average Bonchev–Trinajstić information content (AvgIpc) is 3.24. The summed E-state index contributed by atoms with van der Waals surface area (Å²) in [6.45, 7) is 4.13. The largest absolute Gasteiger partial charge is 0.378 e. The van der Waals surface area contributed by atoms with Gasteiger partial charge in [0.2, 0.25) is 5.91 Å². The summed E-state index contributed by atoms with van der Waals surface area (Å²) in [5.74, 6) is 0.620. The number of piperidine rings is 1. The number of amides is 2. The molecular weight excluding hydrogens is 344 g/mol. The van der Waals surface area contributed by atoms with Crippen molar-refractivity contribution in [1.29, 1.82) is 0 Å². The Morgan fingerprint density at radius 2 is 1.78 bits per heavy atom. The third kappa shape index (κ3) is 4.15. The van der Waals surface area contributed by atoms with E-state index >= 15 is 0 Å². The molecule has 0 radical (unpaired) electrons. The van der Waals surface area contributed by atoms with Crippen LogP contribution in [0.1, 0.15) is 29.6 Å². The second kappa shape index (κ2) is 8.37. The van der Waals surface area contributed by atoms with Gasteiger partial charge in [0.15, 0.2) is 0 Å². The van der Waals surface area contributed by atoms with E-state index in [0.29, 0.717) is 32.2 Å². The summed E-state index contributed by atoms with van der Waals surface area (Å²) in [7, 11) is 0. The maximum absolute atomic E-state index is 12.8. The summed E-state index contributed by atoms with van der Waals surface area (Å²) in [4.78, 5) is 29.3. The molecule has 3 saturated heterocycles. The van der Waals surface area contributed by atoms with Gasteiger partial charge in [-0.1, -0.05) is 18.2 Å². The average molecular weight is 372 g/mol. The van der Waals surface area contributed by atoms with Crippen molar-refractivity contribution in [2.75, 3.05) is 39.4 Å². The van der Waals surface area contributed by atoms with Gasteiger partial charge in [-0.05, 0) is 37.3 Å². The summed E-state index contributed by atoms with van der Waals surface area (Å²) in [5.41, 5.74) is 7.27. The fourth-order valence-corrected chi connectivity index (χ4v) is 4.34. The number of morpholine rings is 1. The molecule has 0 aliphatic carbocycles. The molecule has 1 aromatic rings. The molecule has 1 aromatic carbocycles. The van der Waals surface area contributed by atoms with Gasteiger partial charge in [-0.3, -0.25) is 15.0 Å². The number of benzene rings is 1. The minimum Gasteiger partial charge on any atom is -0.378 e. The van der Waals surface area contributed by atoms with Gasteiger partial charge in [0.25, 0.3) is 5.91 Å². The summed E-state index contributed by atoms with van der Waals surface area (Å²) in [5, 5.41) is 0. The lowest BCUT2D eigenvalue weighted by atomic mass is 9.88. The van der Waals surface area contributed by atoms with Gasteiger partial charge in [-0.2, -0.15) is 0 Å². The van der Waals surface area contributed by atoms with E-state index < -0.39 is 0 Å². The number of nitrogens with zero attached hydrogens (tertiary/aromatic N) is 2. The number of ether oxygens (including phenoxy) is 1. The van der Waals surface area contributed by atoms with Crippen LogP contribution in [0.3, 0.4) is 0 Å². The molecule has 3 atom stereocenters. The molecule has 0 aromatic heterocycles. The second-order valence-corrected chi connectivity index (χ2v) is 7.64. The predicted octanol–water partition coefficient (Wildman–Crippen LogP) is 0.633. The van der Waals surface area contributed by atoms with E-state index in [-0.39, 0.29) is 23.9 Å². The first-order chi connectivity index (χ1) is 13.2. The van der Waals surface area contributed by atoms with Crippen LogP contribution in [0, 0.1) is 5.92 Å². The molecule has 3 unspecified atom stereocenters. The second-order valence-electron chi connectivity index (χ2n) is 7.64. The van der Waals surface area contributed by atoms with E-state index in [4.69, 9.17) is 4.74 Å². The molecule has 146 valence electrons. The number of hydrazine groups is 1. The lowest BCUT2D eigenvalue weighted by Gasteiger charge is -2.35. The number of hydrogen-bond donors (Lipinski definition) is 2. The van der Waals surface area contributed by atoms with Crippen molar-refractivity contribution in [1.82, 2.24) is 20.7 Å². The highest BCUT2D eigenvalue weighted by molar-refractivity contribution is 5.94. The van der Waals surface area contributed by atoms with E-state index in [9.17, 15) is 9.59 Å². The molecule has 3 fully saturated rings. The number of carbonyl (C=O) groups excluding carboxylic acids is 2. The number of rotatable bonds is 3. The van der Waals surface area contributed by atoms with Crippen LogP contribution < -0.4 is 10.9 Å². The zero-order valence-electron chi connectivity index (χ0n) is 15.6. The van der Waals surface area contributed by atoms with Gasteiger partial charge in [-0.15, -0.1) is 0 Å². The van der Waals surface area contributed by atoms with Crippen molar-refractivity contribution in [3.05, 3.63) is 35.9 Å². The molecule has 0 bridgehead atoms. The van der Waals surface area contributed by atoms with Crippen LogP contribution in [0.2, 0.25) is 0 Å². The molecule has 0 spiro atoms. The molecule has 3 aliphatic rings. The maximum atomic E-state index is 12.8. The monoisotopic (exact) mass is 372 g/mol. The van der Waals surface area contributed by atoms with Crippen molar-refractivity contribution >= 4 is 11.8 Å². The Bertz CT molecular complexity index is 662. The first-order valence-electron chi connectivity index (χ1n) is 9.94. The van der Waals surface area contributed by atoms with E-state index in [0.717, 1.165) is 37.9 Å². The quantitative estimate of drug-likeness (QED) is 0.814. The smallest absolute Gasteiger partial charge is 0.253 e. The highest BCUT2D eigenvalue weighted by Gasteiger charge is 2.38. The third-order valence-electron chi connectivity index (χ3n) is 5.89. The van der Waals surface area contributed by atoms with Gasteiger partial charge in [0.05, 0.1) is 13.2 Å². The minimum absolute atomic E-state index is 0.104. The summed E-state index contributed by atoms with van der Waals surface area (Å²) >= 11 is 0. The zero-order valence-corrected chi connectivity index (χ0v) is 15.6. The number of hydrogen-bond acceptors (Lipinski definition) is 5. The van der Waals surface area contributed by atoms with Gasteiger partial charge in [0, 0.05) is 37.8 Å². The van der Waals surface area contributed by atoms with E-state index in [2.05, 4.69) is 10.9 Å². The van der Waals surface area contributed by atoms with E-state index in [1.54, 1.807) is 0 Å². The van der Waals surface area contributed by atoms with Crippen LogP contribution >= 0.6 is 0 Å². The van der Waals surface area contributed by atoms with Crippen molar-refractivity contribution in [3.8, 4) is 0 Å². The molecule has 2 amide bonds. The van der Waals surface area contributed by atoms with E-state index in [1.165, 1.54) is 0 Å². The highest BCUT2D eigenvalue weighted by atomic mass is 16.5. The first kappa shape index (κ1) is 18.4. The molecule has 0 saturated carbocycles. The SMILES string of the molecule is O=C(c1ccccc1)N1CCCC(C2CC(C(=O)N3CCOCC3)NN2)C1. The molecule has 2 N–H and O–H groups in total. The van der Waals surface area contributed by atoms with Crippen LogP contribution in [0.15, 0.2) is 30.3 Å². The normalized spacial score (nSPS) is 29.0. The van der Waals surface area contributed by atoms with Gasteiger partial charge in [0.1, 0.15) is 6.04 Å². The summed E-state index contributed by atoms with van der Waals surface area (Å²) in [6, 6.07) is 9.50. The molecule has 7 heteroatoms. The molecular formula is C20H28N4O3. The molecule has 27 heavy (non-hydrogen) atoms. The Balaban J connectivity index is 1.33. The lowest BCUT2D eigenvalue weighted by molar-refractivity contribution is -0.137. The fraction of sp³-hybridized carbons (Fsp3) is 0.600. The molecule has 4 rings (SSSR count). The topological polar surface area (TPSA) is 73.9 Å². The van der Waals surface area contributed by atoms with Gasteiger partial charge < -0.3 is 14.5 Å². The van der Waals surface area contributed by atoms with Crippen LogP contribution in [0.4, 0.5) is 0 Å². The minimum atomic E-state index is -0.187. The maximum Gasteiger partial charge on any atom is 0.253 e. The fourth-order valence-electron chi connectivity index (χ4n) is 4.34. The van der Waals surface area contributed by atoms with Crippen molar-refractivity contribution < 1.29 is 14.3 Å². The van der Waals surface area contributed by atoms with Crippen LogP contribution in [-0.4, -0.2) is 73.1 Å². The van der Waals surface area contributed by atoms with Crippen LogP contribution in [0.5, 0.6) is 0 Å². The Morgan fingerprint density at radius 1 is 1.00 bits per heavy atom. The van der Waals surface area contributed by atoms with Crippen molar-refractivity contribution in [3.63, 3.8) is 0 Å². The standard InChI is InChI=1S/C20H28N4O3/c25-19(15-5-2-1-3-6-15)24-8-4-7-16(14-24)17-13-18(22-21-17)20(26)23-9-11-27-12-10-23/h1-3,5-6,16-18,21-22H,4,7-14H2. The van der Waals surface area contributed by atoms with Crippen LogP contribution in [0.25, 0.3) is 0 Å². The Kier molecular flexibility index (Phi) is 5.71. The number of carbonyl (C=O) groups is 2. The molecule has 3 aliphatic heterocycles. The number of likely N-dealkylation sites (tertiary alicyclic amines) is 1.